The summed E-state index contributed by atoms with van der Waals surface area (Å²) in [6, 6.07) is 18.2. The fourth-order valence-corrected chi connectivity index (χ4v) is 4.85. The van der Waals surface area contributed by atoms with E-state index in [2.05, 4.69) is 15.9 Å². The van der Waals surface area contributed by atoms with Crippen LogP contribution in [0.3, 0.4) is 0 Å². The number of halogens is 4. The van der Waals surface area contributed by atoms with E-state index in [1.54, 1.807) is 89.2 Å². The molecular formula is C32H31BrF3NO4. The summed E-state index contributed by atoms with van der Waals surface area (Å²) in [6.07, 6.45) is -4.99. The molecule has 9 heteroatoms. The fourth-order valence-electron chi connectivity index (χ4n) is 4.59. The summed E-state index contributed by atoms with van der Waals surface area (Å²) in [5.41, 5.74) is -0.107. The van der Waals surface area contributed by atoms with Gasteiger partial charge in [-0.3, -0.25) is 9.59 Å². The molecule has 4 rings (SSSR count). The van der Waals surface area contributed by atoms with E-state index in [0.717, 1.165) is 16.6 Å². The number of carbonyl (C=O) groups is 2. The number of alkyl halides is 3. The van der Waals surface area contributed by atoms with Gasteiger partial charge in [0.15, 0.2) is 11.5 Å². The lowest BCUT2D eigenvalue weighted by Gasteiger charge is -2.29. The summed E-state index contributed by atoms with van der Waals surface area (Å²) in [6.45, 7) is 8.58. The second-order valence-electron chi connectivity index (χ2n) is 11.0. The van der Waals surface area contributed by atoms with E-state index in [0.29, 0.717) is 16.7 Å². The highest BCUT2D eigenvalue weighted by Crippen LogP contribution is 2.43. The Morgan fingerprint density at radius 2 is 1.61 bits per heavy atom. The van der Waals surface area contributed by atoms with Crippen molar-refractivity contribution in [3.8, 4) is 5.75 Å². The number of hydrogen-bond acceptors (Lipinski definition) is 4. The number of ketones is 1. The normalized spacial score (nSPS) is 16.0. The van der Waals surface area contributed by atoms with Crippen LogP contribution in [0.1, 0.15) is 67.7 Å². The lowest BCUT2D eigenvalue weighted by molar-refractivity contribution is -0.138. The summed E-state index contributed by atoms with van der Waals surface area (Å²) in [5, 5.41) is 0. The highest BCUT2D eigenvalue weighted by Gasteiger charge is 2.45. The zero-order valence-electron chi connectivity index (χ0n) is 23.4. The Labute approximate surface area is 246 Å². The van der Waals surface area contributed by atoms with E-state index in [1.165, 1.54) is 11.0 Å². The van der Waals surface area contributed by atoms with Crippen molar-refractivity contribution in [1.29, 1.82) is 0 Å². The van der Waals surface area contributed by atoms with E-state index in [9.17, 15) is 22.8 Å². The van der Waals surface area contributed by atoms with Crippen LogP contribution < -0.4 is 4.74 Å². The predicted molar refractivity (Wildman–Crippen MR) is 153 cm³/mol. The number of Topliss-reactive ketones (excluding diaryl/α,β-unsaturated/α-hetero) is 1. The van der Waals surface area contributed by atoms with Gasteiger partial charge in [0.1, 0.15) is 11.4 Å². The van der Waals surface area contributed by atoms with Crippen LogP contribution in [-0.2, 0) is 22.3 Å². The Morgan fingerprint density at radius 3 is 2.17 bits per heavy atom. The van der Waals surface area contributed by atoms with Crippen LogP contribution in [0.15, 0.2) is 88.6 Å². The third-order valence-corrected chi connectivity index (χ3v) is 6.78. The second-order valence-corrected chi connectivity index (χ2v) is 11.9. The van der Waals surface area contributed by atoms with Crippen LogP contribution in [0, 0.1) is 0 Å². The largest absolute Gasteiger partial charge is 0.488 e. The molecule has 1 heterocycles. The molecule has 3 aromatic rings. The topological polar surface area (TPSA) is 55.8 Å². The van der Waals surface area contributed by atoms with Gasteiger partial charge >= 0.3 is 6.18 Å². The number of amides is 1. The smallest absolute Gasteiger partial charge is 0.416 e. The lowest BCUT2D eigenvalue weighted by Crippen LogP contribution is -2.32. The van der Waals surface area contributed by atoms with Crippen LogP contribution in [0.2, 0.25) is 0 Å². The number of hydrogen-bond donors (Lipinski definition) is 0. The maximum Gasteiger partial charge on any atom is 0.416 e. The molecule has 216 valence electrons. The average molecular weight is 631 g/mol. The van der Waals surface area contributed by atoms with E-state index in [4.69, 9.17) is 9.47 Å². The minimum absolute atomic E-state index is 0.00356. The van der Waals surface area contributed by atoms with Gasteiger partial charge in [0.25, 0.3) is 5.91 Å². The first-order valence-electron chi connectivity index (χ1n) is 13.1. The third-order valence-electron chi connectivity index (χ3n) is 6.26. The van der Waals surface area contributed by atoms with Gasteiger partial charge < -0.3 is 14.4 Å². The summed E-state index contributed by atoms with van der Waals surface area (Å²) in [5.74, 6) is -0.980. The average Bonchev–Trinajstić information content (AvgIpc) is 3.14. The lowest BCUT2D eigenvalue weighted by atomic mass is 9.92. The van der Waals surface area contributed by atoms with Crippen molar-refractivity contribution in [2.45, 2.75) is 65.1 Å². The molecule has 41 heavy (non-hydrogen) atoms. The first-order valence-corrected chi connectivity index (χ1v) is 13.9. The molecule has 0 radical (unpaired) electrons. The van der Waals surface area contributed by atoms with Gasteiger partial charge in [0.2, 0.25) is 0 Å². The van der Waals surface area contributed by atoms with Gasteiger partial charge in [0.05, 0.1) is 29.8 Å². The number of carbonyl (C=O) groups excluding carboxylic acids is 2. The van der Waals surface area contributed by atoms with Crippen LogP contribution in [0.5, 0.6) is 5.75 Å². The van der Waals surface area contributed by atoms with E-state index < -0.39 is 35.4 Å². The first-order chi connectivity index (χ1) is 19.2. The Hall–Kier alpha value is -3.59. The van der Waals surface area contributed by atoms with E-state index in [1.807, 2.05) is 0 Å². The zero-order chi connectivity index (χ0) is 30.1. The molecule has 1 amide bonds. The zero-order valence-corrected chi connectivity index (χ0v) is 25.0. The van der Waals surface area contributed by atoms with Gasteiger partial charge in [0, 0.05) is 15.6 Å². The van der Waals surface area contributed by atoms with Crippen LogP contribution >= 0.6 is 15.9 Å². The Balaban J connectivity index is 1.88. The highest BCUT2D eigenvalue weighted by atomic mass is 79.9. The van der Waals surface area contributed by atoms with Crippen LogP contribution in [-0.4, -0.2) is 28.3 Å². The van der Waals surface area contributed by atoms with Gasteiger partial charge in [-0.05, 0) is 64.4 Å². The molecule has 0 bridgehead atoms. The number of rotatable bonds is 8. The Kier molecular flexibility index (Phi) is 8.68. The molecule has 1 unspecified atom stereocenters. The summed E-state index contributed by atoms with van der Waals surface area (Å²) in [7, 11) is 0. The molecule has 1 atom stereocenters. The standard InChI is InChI=1S/C32H31BrF3NO4/c1-19(2)40-29-26(28(38)21-9-7-6-8-10-21)27(20-12-15-24(33)16-13-20)37(30(29)39)18-22-11-14-23(32(34,35)36)17-25(22)41-31(3,4)5/h6-17,19,27H,18H2,1-5H3. The molecule has 5 nitrogen and oxygen atoms in total. The Bertz CT molecular complexity index is 1460. The maximum atomic E-state index is 14.0. The molecule has 1 aliphatic heterocycles. The monoisotopic (exact) mass is 629 g/mol. The number of benzene rings is 3. The SMILES string of the molecule is CC(C)OC1=C(C(=O)c2ccccc2)C(c2ccc(Br)cc2)N(Cc2ccc(C(F)(F)F)cc2OC(C)(C)C)C1=O. The van der Waals surface area contributed by atoms with Crippen molar-refractivity contribution >= 4 is 27.6 Å². The van der Waals surface area contributed by atoms with E-state index in [-0.39, 0.29) is 29.4 Å². The predicted octanol–water partition coefficient (Wildman–Crippen LogP) is 8.29. The molecule has 0 saturated heterocycles. The van der Waals surface area contributed by atoms with Crippen molar-refractivity contribution in [3.63, 3.8) is 0 Å². The molecular weight excluding hydrogens is 599 g/mol. The van der Waals surface area contributed by atoms with Gasteiger partial charge in [-0.25, -0.2) is 0 Å². The van der Waals surface area contributed by atoms with Crippen molar-refractivity contribution < 1.29 is 32.2 Å². The second kappa shape index (κ2) is 11.7. The van der Waals surface area contributed by atoms with Gasteiger partial charge in [-0.15, -0.1) is 0 Å². The van der Waals surface area contributed by atoms with Gasteiger partial charge in [-0.1, -0.05) is 64.5 Å². The van der Waals surface area contributed by atoms with Gasteiger partial charge in [-0.2, -0.15) is 13.2 Å². The third kappa shape index (κ3) is 7.01. The Morgan fingerprint density at radius 1 is 0.976 bits per heavy atom. The quantitative estimate of drug-likeness (QED) is 0.235. The number of ether oxygens (including phenoxy) is 2. The van der Waals surface area contributed by atoms with Crippen molar-refractivity contribution in [2.24, 2.45) is 0 Å². The fraction of sp³-hybridized carbons (Fsp3) is 0.312. The molecule has 1 aliphatic rings. The van der Waals surface area contributed by atoms with E-state index >= 15 is 0 Å². The molecule has 0 fully saturated rings. The molecule has 3 aromatic carbocycles. The summed E-state index contributed by atoms with van der Waals surface area (Å²) >= 11 is 3.43. The van der Waals surface area contributed by atoms with Crippen molar-refractivity contribution in [2.75, 3.05) is 0 Å². The molecule has 0 saturated carbocycles. The first kappa shape index (κ1) is 30.4. The minimum Gasteiger partial charge on any atom is -0.488 e. The van der Waals surface area contributed by atoms with Crippen molar-refractivity contribution in [3.05, 3.63) is 111 Å². The number of nitrogens with zero attached hydrogens (tertiary/aromatic N) is 1. The summed E-state index contributed by atoms with van der Waals surface area (Å²) < 4.78 is 53.5. The molecule has 0 spiro atoms. The summed E-state index contributed by atoms with van der Waals surface area (Å²) in [4.78, 5) is 29.4. The maximum absolute atomic E-state index is 14.0. The molecule has 0 aliphatic carbocycles. The van der Waals surface area contributed by atoms with Crippen LogP contribution in [0.25, 0.3) is 0 Å². The van der Waals surface area contributed by atoms with Crippen LogP contribution in [0.4, 0.5) is 13.2 Å². The molecule has 0 aromatic heterocycles. The minimum atomic E-state index is -4.58. The molecule has 0 N–H and O–H groups in total. The van der Waals surface area contributed by atoms with Crippen molar-refractivity contribution in [1.82, 2.24) is 4.90 Å². The highest BCUT2D eigenvalue weighted by molar-refractivity contribution is 9.10.